The van der Waals surface area contributed by atoms with Crippen molar-refractivity contribution in [2.45, 2.75) is 19.5 Å². The molecule has 1 aromatic carbocycles. The highest BCUT2D eigenvalue weighted by Gasteiger charge is 2.17. The molecule has 1 aliphatic rings. The lowest BCUT2D eigenvalue weighted by molar-refractivity contribution is 0.247. The summed E-state index contributed by atoms with van der Waals surface area (Å²) in [7, 11) is 1.61. The average Bonchev–Trinajstić information content (AvgIpc) is 2.94. The maximum atomic E-state index is 9.01. The summed E-state index contributed by atoms with van der Waals surface area (Å²) < 4.78 is 5.27. The number of rotatable bonds is 3. The number of hydrogen-bond acceptors (Lipinski definition) is 4. The second-order valence-electron chi connectivity index (χ2n) is 4.98. The molecule has 0 atom stereocenters. The molecule has 1 aromatic heterocycles. The van der Waals surface area contributed by atoms with Gasteiger partial charge in [-0.2, -0.15) is 5.26 Å². The molecule has 20 heavy (non-hydrogen) atoms. The maximum Gasteiger partial charge on any atom is 0.136 e. The number of benzene rings is 1. The van der Waals surface area contributed by atoms with Gasteiger partial charge in [0.2, 0.25) is 0 Å². The molecule has 3 rings (SSSR count). The molecule has 4 heteroatoms. The highest BCUT2D eigenvalue weighted by Crippen LogP contribution is 2.26. The first-order valence-electron chi connectivity index (χ1n) is 6.65. The summed E-state index contributed by atoms with van der Waals surface area (Å²) in [5.41, 5.74) is 3.25. The Kier molecular flexibility index (Phi) is 3.72. The lowest BCUT2D eigenvalue weighted by Gasteiger charge is -2.27. The number of nitriles is 1. The van der Waals surface area contributed by atoms with E-state index in [1.54, 1.807) is 7.11 Å². The fourth-order valence-electron chi connectivity index (χ4n) is 2.63. The Bertz CT molecular complexity index is 657. The van der Waals surface area contributed by atoms with Crippen LogP contribution in [0.3, 0.4) is 0 Å². The van der Waals surface area contributed by atoms with Crippen LogP contribution in [0.5, 0.6) is 5.75 Å². The van der Waals surface area contributed by atoms with E-state index in [2.05, 4.69) is 22.4 Å². The van der Waals surface area contributed by atoms with E-state index in [4.69, 9.17) is 10.00 Å². The lowest BCUT2D eigenvalue weighted by atomic mass is 10.1. The standard InChI is InChI=1S/C16H16N2OS/c1-19-15-8-12(2-3-13(15)9-17)10-18-6-4-16-14(11-18)5-7-20-16/h2-3,5,7-8H,4,6,10-11H2,1H3. The number of ether oxygens (including phenoxy) is 1. The normalized spacial score (nSPS) is 14.6. The third kappa shape index (κ3) is 2.55. The van der Waals surface area contributed by atoms with Crippen molar-refractivity contribution in [3.63, 3.8) is 0 Å². The van der Waals surface area contributed by atoms with Gasteiger partial charge in [0, 0.05) is 24.5 Å². The van der Waals surface area contributed by atoms with Gasteiger partial charge in [-0.25, -0.2) is 0 Å². The molecule has 2 aromatic rings. The quantitative estimate of drug-likeness (QED) is 0.868. The van der Waals surface area contributed by atoms with Gasteiger partial charge in [0.15, 0.2) is 0 Å². The molecule has 0 saturated heterocycles. The Hall–Kier alpha value is -1.83. The predicted octanol–water partition coefficient (Wildman–Crippen LogP) is 3.19. The molecule has 0 fully saturated rings. The van der Waals surface area contributed by atoms with E-state index in [0.29, 0.717) is 11.3 Å². The molecule has 0 bridgehead atoms. The first kappa shape index (κ1) is 13.2. The molecule has 0 amide bonds. The van der Waals surface area contributed by atoms with Gasteiger partial charge in [0.25, 0.3) is 0 Å². The van der Waals surface area contributed by atoms with Crippen LogP contribution in [0.1, 0.15) is 21.6 Å². The zero-order valence-corrected chi connectivity index (χ0v) is 12.2. The zero-order chi connectivity index (χ0) is 13.9. The van der Waals surface area contributed by atoms with Crippen molar-refractivity contribution in [1.29, 1.82) is 5.26 Å². The Labute approximate surface area is 123 Å². The molecule has 0 unspecified atom stereocenters. The summed E-state index contributed by atoms with van der Waals surface area (Å²) >= 11 is 1.86. The molecule has 3 nitrogen and oxygen atoms in total. The van der Waals surface area contributed by atoms with Crippen molar-refractivity contribution in [2.24, 2.45) is 0 Å². The second-order valence-corrected chi connectivity index (χ2v) is 5.98. The summed E-state index contributed by atoms with van der Waals surface area (Å²) in [6.07, 6.45) is 1.14. The molecular weight excluding hydrogens is 268 g/mol. The van der Waals surface area contributed by atoms with Crippen LogP contribution < -0.4 is 4.74 Å². The monoisotopic (exact) mass is 284 g/mol. The van der Waals surface area contributed by atoms with Gasteiger partial charge in [0.05, 0.1) is 12.7 Å². The van der Waals surface area contributed by atoms with Crippen LogP contribution in [0.25, 0.3) is 0 Å². The third-order valence-corrected chi connectivity index (χ3v) is 4.70. The molecule has 0 radical (unpaired) electrons. The maximum absolute atomic E-state index is 9.01. The highest BCUT2D eigenvalue weighted by atomic mass is 32.1. The predicted molar refractivity (Wildman–Crippen MR) is 79.8 cm³/mol. The molecule has 0 saturated carbocycles. The van der Waals surface area contributed by atoms with Gasteiger partial charge in [-0.3, -0.25) is 4.90 Å². The van der Waals surface area contributed by atoms with Crippen LogP contribution >= 0.6 is 11.3 Å². The van der Waals surface area contributed by atoms with Crippen molar-refractivity contribution in [3.8, 4) is 11.8 Å². The van der Waals surface area contributed by atoms with E-state index in [0.717, 1.165) is 26.1 Å². The van der Waals surface area contributed by atoms with E-state index < -0.39 is 0 Å². The molecule has 0 spiro atoms. The van der Waals surface area contributed by atoms with Crippen molar-refractivity contribution in [1.82, 2.24) is 4.90 Å². The minimum atomic E-state index is 0.593. The van der Waals surface area contributed by atoms with E-state index in [9.17, 15) is 0 Å². The fourth-order valence-corrected chi connectivity index (χ4v) is 3.52. The van der Waals surface area contributed by atoms with E-state index in [1.165, 1.54) is 16.0 Å². The Morgan fingerprint density at radius 1 is 1.40 bits per heavy atom. The van der Waals surface area contributed by atoms with Crippen molar-refractivity contribution < 1.29 is 4.74 Å². The van der Waals surface area contributed by atoms with Gasteiger partial charge >= 0.3 is 0 Å². The Morgan fingerprint density at radius 3 is 3.10 bits per heavy atom. The summed E-state index contributed by atoms with van der Waals surface area (Å²) in [6, 6.07) is 10.2. The molecule has 0 aliphatic carbocycles. The zero-order valence-electron chi connectivity index (χ0n) is 11.4. The average molecular weight is 284 g/mol. The summed E-state index contributed by atoms with van der Waals surface area (Å²) in [6.45, 7) is 3.01. The van der Waals surface area contributed by atoms with Gasteiger partial charge in [0.1, 0.15) is 11.8 Å². The summed E-state index contributed by atoms with van der Waals surface area (Å²) in [5, 5.41) is 11.2. The largest absolute Gasteiger partial charge is 0.495 e. The fraction of sp³-hybridized carbons (Fsp3) is 0.312. The summed E-state index contributed by atoms with van der Waals surface area (Å²) in [5.74, 6) is 0.665. The molecule has 0 N–H and O–H groups in total. The Balaban J connectivity index is 1.74. The Morgan fingerprint density at radius 2 is 2.30 bits per heavy atom. The first-order chi connectivity index (χ1) is 9.80. The van der Waals surface area contributed by atoms with Crippen molar-refractivity contribution in [2.75, 3.05) is 13.7 Å². The smallest absolute Gasteiger partial charge is 0.136 e. The van der Waals surface area contributed by atoms with E-state index in [-0.39, 0.29) is 0 Å². The van der Waals surface area contributed by atoms with E-state index in [1.807, 2.05) is 29.5 Å². The van der Waals surface area contributed by atoms with Gasteiger partial charge in [-0.1, -0.05) is 6.07 Å². The number of fused-ring (bicyclic) bond motifs is 1. The van der Waals surface area contributed by atoms with Crippen LogP contribution in [-0.2, 0) is 19.5 Å². The highest BCUT2D eigenvalue weighted by molar-refractivity contribution is 7.10. The molecule has 2 heterocycles. The van der Waals surface area contributed by atoms with Crippen LogP contribution in [0, 0.1) is 11.3 Å². The van der Waals surface area contributed by atoms with Crippen LogP contribution in [0.2, 0.25) is 0 Å². The van der Waals surface area contributed by atoms with Gasteiger partial charge < -0.3 is 4.74 Å². The van der Waals surface area contributed by atoms with Crippen LogP contribution in [-0.4, -0.2) is 18.6 Å². The van der Waals surface area contributed by atoms with Gasteiger partial charge in [-0.05, 0) is 41.1 Å². The molecule has 102 valence electrons. The number of hydrogen-bond donors (Lipinski definition) is 0. The third-order valence-electron chi connectivity index (χ3n) is 3.68. The summed E-state index contributed by atoms with van der Waals surface area (Å²) in [4.78, 5) is 3.97. The first-order valence-corrected chi connectivity index (χ1v) is 7.52. The number of thiophene rings is 1. The SMILES string of the molecule is COc1cc(CN2CCc3sccc3C2)ccc1C#N. The van der Waals surface area contributed by atoms with Crippen molar-refractivity contribution >= 4 is 11.3 Å². The minimum Gasteiger partial charge on any atom is -0.495 e. The second kappa shape index (κ2) is 5.66. The number of methoxy groups -OCH3 is 1. The number of nitrogens with zero attached hydrogens (tertiary/aromatic N) is 2. The minimum absolute atomic E-state index is 0.593. The van der Waals surface area contributed by atoms with Crippen LogP contribution in [0.15, 0.2) is 29.6 Å². The topological polar surface area (TPSA) is 36.3 Å². The van der Waals surface area contributed by atoms with E-state index >= 15 is 0 Å². The molecular formula is C16H16N2OS. The van der Waals surface area contributed by atoms with Gasteiger partial charge in [-0.15, -0.1) is 11.3 Å². The molecule has 1 aliphatic heterocycles. The van der Waals surface area contributed by atoms with Crippen LogP contribution in [0.4, 0.5) is 0 Å². The lowest BCUT2D eigenvalue weighted by Crippen LogP contribution is -2.29. The van der Waals surface area contributed by atoms with Crippen molar-refractivity contribution in [3.05, 3.63) is 51.2 Å².